The molecule has 0 aliphatic carbocycles. The molecule has 0 atom stereocenters. The third kappa shape index (κ3) is 3.28. The lowest BCUT2D eigenvalue weighted by Crippen LogP contribution is -2.28. The maximum Gasteiger partial charge on any atom is 0.254 e. The summed E-state index contributed by atoms with van der Waals surface area (Å²) in [5.74, 6) is 0.734. The molecule has 2 aromatic carbocycles. The first-order chi connectivity index (χ1) is 14.6. The summed E-state index contributed by atoms with van der Waals surface area (Å²) in [5, 5.41) is 1.06. The lowest BCUT2D eigenvalue weighted by molar-refractivity contribution is 0.0793. The normalized spacial score (nSPS) is 16.6. The van der Waals surface area contributed by atoms with Crippen molar-refractivity contribution in [2.24, 2.45) is 0 Å². The van der Waals surface area contributed by atoms with Crippen LogP contribution in [0.15, 0.2) is 42.5 Å². The van der Waals surface area contributed by atoms with Crippen molar-refractivity contribution >= 4 is 28.3 Å². The monoisotopic (exact) mass is 400 g/mol. The number of hydrogen-bond acceptors (Lipinski definition) is 4. The quantitative estimate of drug-likeness (QED) is 0.696. The summed E-state index contributed by atoms with van der Waals surface area (Å²) in [5.41, 5.74) is 12.2. The number of nitrogens with zero attached hydrogens (tertiary/aromatic N) is 3. The summed E-state index contributed by atoms with van der Waals surface area (Å²) < 4.78 is 0. The standard InChI is InChI=1S/C25H28N4O/c1-17-7-6-8-20(25(30)29-13-4-5-14-29)23(17)18-9-10-21-19(15-18)16-22(24(26)27-21)28-11-2-3-12-28/h6-10,15-16H,2-5,11-14H2,1H3,(H2,26,27). The molecule has 2 fully saturated rings. The fourth-order valence-electron chi connectivity index (χ4n) is 4.87. The zero-order valence-electron chi connectivity index (χ0n) is 17.5. The van der Waals surface area contributed by atoms with Crippen molar-refractivity contribution in [1.82, 2.24) is 9.88 Å². The molecule has 3 aromatic rings. The van der Waals surface area contributed by atoms with Gasteiger partial charge < -0.3 is 15.5 Å². The third-order valence-electron chi connectivity index (χ3n) is 6.45. The second-order valence-corrected chi connectivity index (χ2v) is 8.49. The number of hydrogen-bond donors (Lipinski definition) is 1. The number of benzene rings is 2. The Morgan fingerprint density at radius 2 is 1.70 bits per heavy atom. The van der Waals surface area contributed by atoms with Gasteiger partial charge in [0.15, 0.2) is 0 Å². The molecule has 5 rings (SSSR count). The van der Waals surface area contributed by atoms with E-state index in [0.29, 0.717) is 5.82 Å². The number of aromatic nitrogens is 1. The predicted molar refractivity (Wildman–Crippen MR) is 123 cm³/mol. The van der Waals surface area contributed by atoms with Gasteiger partial charge in [0.2, 0.25) is 0 Å². The predicted octanol–water partition coefficient (Wildman–Crippen LogP) is 4.63. The molecule has 0 radical (unpaired) electrons. The van der Waals surface area contributed by atoms with Gasteiger partial charge in [-0.2, -0.15) is 0 Å². The van der Waals surface area contributed by atoms with Gasteiger partial charge >= 0.3 is 0 Å². The number of carbonyl (C=O) groups is 1. The molecule has 0 spiro atoms. The maximum atomic E-state index is 13.2. The number of fused-ring (bicyclic) bond motifs is 1. The second-order valence-electron chi connectivity index (χ2n) is 8.49. The van der Waals surface area contributed by atoms with E-state index in [1.807, 2.05) is 23.1 Å². The average molecular weight is 401 g/mol. The molecule has 0 unspecified atom stereocenters. The Bertz CT molecular complexity index is 1110. The molecule has 2 N–H and O–H groups in total. The van der Waals surface area contributed by atoms with Crippen LogP contribution in [0.25, 0.3) is 22.0 Å². The van der Waals surface area contributed by atoms with E-state index in [1.165, 1.54) is 12.8 Å². The highest BCUT2D eigenvalue weighted by Crippen LogP contribution is 2.34. The number of rotatable bonds is 3. The summed E-state index contributed by atoms with van der Waals surface area (Å²) in [6.45, 7) is 5.85. The van der Waals surface area contributed by atoms with Gasteiger partial charge in [0, 0.05) is 37.1 Å². The molecule has 0 bridgehead atoms. The number of anilines is 2. The van der Waals surface area contributed by atoms with Crippen LogP contribution in [0.3, 0.4) is 0 Å². The first kappa shape index (κ1) is 18.9. The van der Waals surface area contributed by atoms with Crippen LogP contribution >= 0.6 is 0 Å². The summed E-state index contributed by atoms with van der Waals surface area (Å²) in [7, 11) is 0. The third-order valence-corrected chi connectivity index (χ3v) is 6.45. The summed E-state index contributed by atoms with van der Waals surface area (Å²) in [6.07, 6.45) is 4.58. The largest absolute Gasteiger partial charge is 0.382 e. The number of likely N-dealkylation sites (tertiary alicyclic amines) is 1. The highest BCUT2D eigenvalue weighted by Gasteiger charge is 2.23. The second kappa shape index (κ2) is 7.63. The number of carbonyl (C=O) groups excluding carboxylic acids is 1. The molecular formula is C25H28N4O. The molecule has 1 amide bonds. The number of nitrogen functional groups attached to an aromatic ring is 1. The molecule has 1 aromatic heterocycles. The van der Waals surface area contributed by atoms with Gasteiger partial charge in [0.25, 0.3) is 5.91 Å². The van der Waals surface area contributed by atoms with Crippen molar-refractivity contribution in [1.29, 1.82) is 0 Å². The summed E-state index contributed by atoms with van der Waals surface area (Å²) >= 11 is 0. The van der Waals surface area contributed by atoms with Crippen LogP contribution in [0.4, 0.5) is 11.5 Å². The molecule has 2 aliphatic heterocycles. The molecular weight excluding hydrogens is 372 g/mol. The topological polar surface area (TPSA) is 62.5 Å². The Balaban J connectivity index is 1.61. The number of pyridine rings is 1. The minimum absolute atomic E-state index is 0.138. The first-order valence-electron chi connectivity index (χ1n) is 11.0. The highest BCUT2D eigenvalue weighted by atomic mass is 16.2. The lowest BCUT2D eigenvalue weighted by Gasteiger charge is -2.21. The van der Waals surface area contributed by atoms with Crippen molar-refractivity contribution in [3.8, 4) is 11.1 Å². The molecule has 5 nitrogen and oxygen atoms in total. The van der Waals surface area contributed by atoms with E-state index in [1.54, 1.807) is 0 Å². The Hall–Kier alpha value is -3.08. The van der Waals surface area contributed by atoms with E-state index in [4.69, 9.17) is 5.73 Å². The Morgan fingerprint density at radius 1 is 0.967 bits per heavy atom. The van der Waals surface area contributed by atoms with Gasteiger partial charge in [-0.25, -0.2) is 4.98 Å². The van der Waals surface area contributed by atoms with Crippen LogP contribution in [0, 0.1) is 6.92 Å². The SMILES string of the molecule is Cc1cccc(C(=O)N2CCCC2)c1-c1ccc2nc(N)c(N3CCCC3)cc2c1. The van der Waals surface area contributed by atoms with Gasteiger partial charge in [0.05, 0.1) is 11.2 Å². The van der Waals surface area contributed by atoms with E-state index >= 15 is 0 Å². The summed E-state index contributed by atoms with van der Waals surface area (Å²) in [6, 6.07) is 14.4. The lowest BCUT2D eigenvalue weighted by atomic mass is 9.93. The smallest absolute Gasteiger partial charge is 0.254 e. The molecule has 2 aliphatic rings. The van der Waals surface area contributed by atoms with Crippen LogP contribution < -0.4 is 10.6 Å². The minimum atomic E-state index is 0.138. The van der Waals surface area contributed by atoms with Crippen LogP contribution in [0.5, 0.6) is 0 Å². The zero-order chi connectivity index (χ0) is 20.7. The highest BCUT2D eigenvalue weighted by molar-refractivity contribution is 6.03. The van der Waals surface area contributed by atoms with Crippen molar-refractivity contribution in [3.05, 3.63) is 53.6 Å². The number of nitrogens with two attached hydrogens (primary N) is 1. The van der Waals surface area contributed by atoms with Crippen molar-refractivity contribution < 1.29 is 4.79 Å². The molecule has 154 valence electrons. The maximum absolute atomic E-state index is 13.2. The molecule has 5 heteroatoms. The van der Waals surface area contributed by atoms with Gasteiger partial charge in [-0.05, 0) is 73.6 Å². The van der Waals surface area contributed by atoms with E-state index in [-0.39, 0.29) is 5.91 Å². The van der Waals surface area contributed by atoms with Crippen LogP contribution in [0.2, 0.25) is 0 Å². The van der Waals surface area contributed by atoms with Gasteiger partial charge in [-0.15, -0.1) is 0 Å². The van der Waals surface area contributed by atoms with E-state index in [9.17, 15) is 4.79 Å². The fraction of sp³-hybridized carbons (Fsp3) is 0.360. The van der Waals surface area contributed by atoms with Gasteiger partial charge in [0.1, 0.15) is 5.82 Å². The van der Waals surface area contributed by atoms with Crippen molar-refractivity contribution in [2.75, 3.05) is 36.8 Å². The minimum Gasteiger partial charge on any atom is -0.382 e. The number of amides is 1. The molecule has 3 heterocycles. The Morgan fingerprint density at radius 3 is 2.47 bits per heavy atom. The average Bonchev–Trinajstić information content (AvgIpc) is 3.46. The zero-order valence-corrected chi connectivity index (χ0v) is 17.5. The van der Waals surface area contributed by atoms with Gasteiger partial charge in [-0.3, -0.25) is 4.79 Å². The van der Waals surface area contributed by atoms with Crippen LogP contribution in [-0.4, -0.2) is 42.0 Å². The number of aryl methyl sites for hydroxylation is 1. The fourth-order valence-corrected chi connectivity index (χ4v) is 4.87. The molecule has 2 saturated heterocycles. The Labute approximate surface area is 177 Å². The molecule has 0 saturated carbocycles. The Kier molecular flexibility index (Phi) is 4.81. The summed E-state index contributed by atoms with van der Waals surface area (Å²) in [4.78, 5) is 22.2. The van der Waals surface area contributed by atoms with E-state index in [2.05, 4.69) is 41.1 Å². The van der Waals surface area contributed by atoms with Crippen molar-refractivity contribution in [3.63, 3.8) is 0 Å². The molecule has 30 heavy (non-hydrogen) atoms. The van der Waals surface area contributed by atoms with E-state index in [0.717, 1.165) is 77.9 Å². The van der Waals surface area contributed by atoms with Crippen LogP contribution in [-0.2, 0) is 0 Å². The van der Waals surface area contributed by atoms with Crippen molar-refractivity contribution in [2.45, 2.75) is 32.6 Å². The van der Waals surface area contributed by atoms with E-state index < -0.39 is 0 Å². The first-order valence-corrected chi connectivity index (χ1v) is 11.0. The van der Waals surface area contributed by atoms with Crippen LogP contribution in [0.1, 0.15) is 41.6 Å². The van der Waals surface area contributed by atoms with Gasteiger partial charge in [-0.1, -0.05) is 18.2 Å².